The Morgan fingerprint density at radius 2 is 1.92 bits per heavy atom. The van der Waals surface area contributed by atoms with Crippen LogP contribution in [0, 0.1) is 17.1 Å². The molecule has 186 valence electrons. The van der Waals surface area contributed by atoms with Gasteiger partial charge in [-0.15, -0.1) is 0 Å². The summed E-state index contributed by atoms with van der Waals surface area (Å²) >= 11 is 0. The monoisotopic (exact) mass is 488 g/mol. The fourth-order valence-electron chi connectivity index (χ4n) is 4.44. The molecule has 1 aromatic heterocycles. The van der Waals surface area contributed by atoms with Gasteiger partial charge in [0.1, 0.15) is 11.6 Å². The first-order chi connectivity index (χ1) is 17.4. The van der Waals surface area contributed by atoms with E-state index in [0.29, 0.717) is 12.4 Å². The highest BCUT2D eigenvalue weighted by molar-refractivity contribution is 5.94. The van der Waals surface area contributed by atoms with Crippen LogP contribution in [0.15, 0.2) is 60.8 Å². The molecule has 2 atom stereocenters. The first-order valence-electron chi connectivity index (χ1n) is 11.9. The zero-order valence-electron chi connectivity index (χ0n) is 20.6. The Bertz CT molecular complexity index is 1240. The van der Waals surface area contributed by atoms with E-state index < -0.39 is 11.7 Å². The van der Waals surface area contributed by atoms with E-state index in [0.717, 1.165) is 35.9 Å². The number of methoxy groups -OCH3 is 1. The predicted molar refractivity (Wildman–Crippen MR) is 133 cm³/mol. The third-order valence-electron chi connectivity index (χ3n) is 6.13. The molecule has 4 rings (SSSR count). The van der Waals surface area contributed by atoms with Crippen molar-refractivity contribution in [1.29, 1.82) is 5.26 Å². The van der Waals surface area contributed by atoms with Gasteiger partial charge in [-0.05, 0) is 61.7 Å². The Balaban J connectivity index is 1.53. The van der Waals surface area contributed by atoms with Crippen molar-refractivity contribution in [2.45, 2.75) is 38.5 Å². The fourth-order valence-corrected chi connectivity index (χ4v) is 4.44. The Hall–Kier alpha value is -3.96. The molecule has 1 fully saturated rings. The number of likely N-dealkylation sites (tertiary alicyclic amines) is 1. The van der Waals surface area contributed by atoms with Crippen molar-refractivity contribution >= 4 is 5.91 Å². The lowest BCUT2D eigenvalue weighted by atomic mass is 9.98. The van der Waals surface area contributed by atoms with E-state index in [2.05, 4.69) is 15.2 Å². The van der Waals surface area contributed by atoms with Crippen LogP contribution in [0.4, 0.5) is 4.39 Å². The van der Waals surface area contributed by atoms with Crippen LogP contribution in [0.1, 0.15) is 53.4 Å². The SMILES string of the molecule is COc1ccc(C(c2ccc(OC(C)C)nc2)N2CCC(NC(=O)c3ccc(C#N)cc3F)C2)cc1. The number of nitrogens with one attached hydrogen (secondary N) is 1. The summed E-state index contributed by atoms with van der Waals surface area (Å²) in [6.07, 6.45) is 2.58. The number of aromatic nitrogens is 1. The number of hydrogen-bond donors (Lipinski definition) is 1. The summed E-state index contributed by atoms with van der Waals surface area (Å²) < 4.78 is 25.4. The lowest BCUT2D eigenvalue weighted by Gasteiger charge is -2.29. The molecular weight excluding hydrogens is 459 g/mol. The quantitative estimate of drug-likeness (QED) is 0.503. The van der Waals surface area contributed by atoms with Gasteiger partial charge in [-0.2, -0.15) is 5.26 Å². The molecule has 36 heavy (non-hydrogen) atoms. The van der Waals surface area contributed by atoms with Crippen LogP contribution in [0.2, 0.25) is 0 Å². The van der Waals surface area contributed by atoms with E-state index in [9.17, 15) is 9.18 Å². The number of pyridine rings is 1. The van der Waals surface area contributed by atoms with Crippen molar-refractivity contribution < 1.29 is 18.7 Å². The van der Waals surface area contributed by atoms with Crippen molar-refractivity contribution in [1.82, 2.24) is 15.2 Å². The van der Waals surface area contributed by atoms with E-state index >= 15 is 0 Å². The van der Waals surface area contributed by atoms with Crippen LogP contribution in [0.25, 0.3) is 0 Å². The largest absolute Gasteiger partial charge is 0.497 e. The Labute approximate surface area is 210 Å². The predicted octanol–water partition coefficient (Wildman–Crippen LogP) is 4.48. The van der Waals surface area contributed by atoms with E-state index in [1.807, 2.05) is 62.5 Å². The van der Waals surface area contributed by atoms with E-state index in [1.54, 1.807) is 7.11 Å². The third kappa shape index (κ3) is 5.81. The number of amides is 1. The van der Waals surface area contributed by atoms with Gasteiger partial charge in [0.05, 0.1) is 36.5 Å². The molecule has 7 nitrogen and oxygen atoms in total. The van der Waals surface area contributed by atoms with Crippen molar-refractivity contribution in [3.8, 4) is 17.7 Å². The number of nitrogens with zero attached hydrogens (tertiary/aromatic N) is 3. The van der Waals surface area contributed by atoms with Gasteiger partial charge in [0.15, 0.2) is 0 Å². The Morgan fingerprint density at radius 3 is 2.53 bits per heavy atom. The molecule has 1 amide bonds. The van der Waals surface area contributed by atoms with Crippen molar-refractivity contribution in [2.24, 2.45) is 0 Å². The maximum atomic E-state index is 14.3. The van der Waals surface area contributed by atoms with Gasteiger partial charge in [-0.25, -0.2) is 9.37 Å². The van der Waals surface area contributed by atoms with E-state index in [4.69, 9.17) is 14.7 Å². The summed E-state index contributed by atoms with van der Waals surface area (Å²) in [5.41, 5.74) is 2.18. The average Bonchev–Trinajstić information content (AvgIpc) is 3.32. The molecular formula is C28H29FN4O3. The van der Waals surface area contributed by atoms with Crippen LogP contribution in [0.5, 0.6) is 11.6 Å². The van der Waals surface area contributed by atoms with E-state index in [1.165, 1.54) is 12.1 Å². The van der Waals surface area contributed by atoms with Crippen LogP contribution in [-0.4, -0.2) is 48.1 Å². The molecule has 0 saturated carbocycles. The number of nitriles is 1. The number of benzene rings is 2. The van der Waals surface area contributed by atoms with Gasteiger partial charge in [0.25, 0.3) is 5.91 Å². The Morgan fingerprint density at radius 1 is 1.17 bits per heavy atom. The number of rotatable bonds is 8. The van der Waals surface area contributed by atoms with Crippen LogP contribution in [0.3, 0.4) is 0 Å². The highest BCUT2D eigenvalue weighted by atomic mass is 19.1. The summed E-state index contributed by atoms with van der Waals surface area (Å²) in [4.78, 5) is 19.5. The zero-order chi connectivity index (χ0) is 25.7. The van der Waals surface area contributed by atoms with Gasteiger partial charge in [0.2, 0.25) is 5.88 Å². The number of carbonyl (C=O) groups excluding carboxylic acids is 1. The lowest BCUT2D eigenvalue weighted by Crippen LogP contribution is -2.38. The van der Waals surface area contributed by atoms with Gasteiger partial charge >= 0.3 is 0 Å². The number of hydrogen-bond acceptors (Lipinski definition) is 6. The van der Waals surface area contributed by atoms with Crippen LogP contribution < -0.4 is 14.8 Å². The molecule has 1 N–H and O–H groups in total. The molecule has 0 spiro atoms. The third-order valence-corrected chi connectivity index (χ3v) is 6.13. The molecule has 1 aliphatic rings. The maximum absolute atomic E-state index is 14.3. The molecule has 3 aromatic rings. The van der Waals surface area contributed by atoms with Crippen molar-refractivity contribution in [3.05, 3.63) is 88.9 Å². The van der Waals surface area contributed by atoms with E-state index in [-0.39, 0.29) is 29.3 Å². The minimum absolute atomic E-state index is 0.0321. The van der Waals surface area contributed by atoms with Gasteiger partial charge in [-0.3, -0.25) is 9.69 Å². The summed E-state index contributed by atoms with van der Waals surface area (Å²) in [5, 5.41) is 11.9. The average molecular weight is 489 g/mol. The first kappa shape index (κ1) is 25.1. The summed E-state index contributed by atoms with van der Waals surface area (Å²) in [7, 11) is 1.63. The second-order valence-electron chi connectivity index (χ2n) is 9.03. The normalized spacial score (nSPS) is 16.4. The lowest BCUT2D eigenvalue weighted by molar-refractivity contribution is 0.0932. The first-order valence-corrected chi connectivity index (χ1v) is 11.9. The molecule has 0 aliphatic carbocycles. The molecule has 2 unspecified atom stereocenters. The fraction of sp³-hybridized carbons (Fsp3) is 0.321. The minimum Gasteiger partial charge on any atom is -0.497 e. The molecule has 1 saturated heterocycles. The minimum atomic E-state index is -0.702. The topological polar surface area (TPSA) is 87.5 Å². The summed E-state index contributed by atoms with van der Waals surface area (Å²) in [5.74, 6) is 0.152. The highest BCUT2D eigenvalue weighted by Gasteiger charge is 2.32. The van der Waals surface area contributed by atoms with Crippen molar-refractivity contribution in [3.63, 3.8) is 0 Å². The smallest absolute Gasteiger partial charge is 0.254 e. The molecule has 2 heterocycles. The second kappa shape index (κ2) is 11.2. The molecule has 8 heteroatoms. The number of halogens is 1. The standard InChI is InChI=1S/C28H29FN4O3/c1-18(2)36-26-11-7-21(16-31-26)27(20-5-8-23(35-3)9-6-20)33-13-12-22(17-33)32-28(34)24-10-4-19(15-30)14-25(24)29/h4-11,14,16,18,22,27H,12-13,17H2,1-3H3,(H,32,34). The van der Waals surface area contributed by atoms with Crippen LogP contribution >= 0.6 is 0 Å². The Kier molecular flexibility index (Phi) is 7.81. The van der Waals surface area contributed by atoms with Gasteiger partial charge < -0.3 is 14.8 Å². The molecule has 1 aliphatic heterocycles. The summed E-state index contributed by atoms with van der Waals surface area (Å²) in [6.45, 7) is 5.24. The highest BCUT2D eigenvalue weighted by Crippen LogP contribution is 2.33. The summed E-state index contributed by atoms with van der Waals surface area (Å²) in [6, 6.07) is 17.3. The second-order valence-corrected chi connectivity index (χ2v) is 9.03. The van der Waals surface area contributed by atoms with Gasteiger partial charge in [0, 0.05) is 31.4 Å². The molecule has 0 radical (unpaired) electrons. The number of ether oxygens (including phenoxy) is 2. The van der Waals surface area contributed by atoms with Gasteiger partial charge in [-0.1, -0.05) is 18.2 Å². The zero-order valence-corrected chi connectivity index (χ0v) is 20.6. The van der Waals surface area contributed by atoms with Crippen LogP contribution in [-0.2, 0) is 0 Å². The number of carbonyl (C=O) groups is 1. The van der Waals surface area contributed by atoms with Crippen molar-refractivity contribution in [2.75, 3.05) is 20.2 Å². The molecule has 2 aromatic carbocycles. The maximum Gasteiger partial charge on any atom is 0.254 e. The molecule has 0 bridgehead atoms.